The third-order valence-electron chi connectivity index (χ3n) is 3.98. The summed E-state index contributed by atoms with van der Waals surface area (Å²) in [5.41, 5.74) is 2.42. The van der Waals surface area contributed by atoms with Gasteiger partial charge < -0.3 is 10.4 Å². The Balaban J connectivity index is 1.87. The number of carbonyl (C=O) groups excluding carboxylic acids is 1. The molecule has 1 unspecified atom stereocenters. The first-order chi connectivity index (χ1) is 10.1. The molecule has 114 valence electrons. The second-order valence-corrected chi connectivity index (χ2v) is 5.84. The highest BCUT2D eigenvalue weighted by Gasteiger charge is 2.33. The minimum Gasteiger partial charge on any atom is -0.481 e. The molecule has 0 aromatic heterocycles. The van der Waals surface area contributed by atoms with Gasteiger partial charge in [0.2, 0.25) is 5.91 Å². The number of amides is 1. The predicted molar refractivity (Wildman–Crippen MR) is 80.9 cm³/mol. The van der Waals surface area contributed by atoms with E-state index in [9.17, 15) is 9.59 Å². The van der Waals surface area contributed by atoms with Crippen molar-refractivity contribution in [3.05, 3.63) is 35.4 Å². The van der Waals surface area contributed by atoms with E-state index in [-0.39, 0.29) is 18.4 Å². The molecule has 0 saturated heterocycles. The third-order valence-corrected chi connectivity index (χ3v) is 3.98. The summed E-state index contributed by atoms with van der Waals surface area (Å²) in [6, 6.07) is 8.29. The summed E-state index contributed by atoms with van der Waals surface area (Å²) in [5.74, 6) is -0.221. The lowest BCUT2D eigenvalue weighted by molar-refractivity contribution is -0.137. The first-order valence-corrected chi connectivity index (χ1v) is 7.64. The molecule has 2 rings (SSSR count). The van der Waals surface area contributed by atoms with Crippen LogP contribution in [-0.4, -0.2) is 17.0 Å². The second-order valence-electron chi connectivity index (χ2n) is 5.84. The van der Waals surface area contributed by atoms with E-state index in [0.29, 0.717) is 25.2 Å². The molecule has 1 aromatic rings. The Hall–Kier alpha value is -1.84. The zero-order valence-electron chi connectivity index (χ0n) is 12.5. The normalized spacial score (nSPS) is 15.5. The van der Waals surface area contributed by atoms with Crippen molar-refractivity contribution in [3.63, 3.8) is 0 Å². The smallest absolute Gasteiger partial charge is 0.303 e. The quantitative estimate of drug-likeness (QED) is 0.722. The average molecular weight is 289 g/mol. The topological polar surface area (TPSA) is 66.4 Å². The van der Waals surface area contributed by atoms with E-state index in [1.807, 2.05) is 12.1 Å². The molecule has 4 nitrogen and oxygen atoms in total. The SMILES string of the molecule is Cc1ccccc1C(NC(=O)CCCCC(=O)O)C1CC1. The summed E-state index contributed by atoms with van der Waals surface area (Å²) in [4.78, 5) is 22.5. The van der Waals surface area contributed by atoms with Crippen LogP contribution >= 0.6 is 0 Å². The molecule has 0 radical (unpaired) electrons. The number of carboxylic acids is 1. The number of benzene rings is 1. The van der Waals surface area contributed by atoms with Crippen LogP contribution in [0.5, 0.6) is 0 Å². The number of nitrogens with one attached hydrogen (secondary N) is 1. The van der Waals surface area contributed by atoms with Crippen molar-refractivity contribution in [3.8, 4) is 0 Å². The van der Waals surface area contributed by atoms with Gasteiger partial charge in [-0.15, -0.1) is 0 Å². The van der Waals surface area contributed by atoms with Crippen molar-refractivity contribution < 1.29 is 14.7 Å². The molecular formula is C17H23NO3. The van der Waals surface area contributed by atoms with Gasteiger partial charge in [-0.25, -0.2) is 0 Å². The Morgan fingerprint density at radius 3 is 2.52 bits per heavy atom. The van der Waals surface area contributed by atoms with Gasteiger partial charge in [-0.05, 0) is 49.7 Å². The number of carbonyl (C=O) groups is 2. The second kappa shape index (κ2) is 7.25. The minimum atomic E-state index is -0.800. The standard InChI is InChI=1S/C17H23NO3/c1-12-6-2-3-7-14(12)17(13-10-11-13)18-15(19)8-4-5-9-16(20)21/h2-3,6-7,13,17H,4-5,8-11H2,1H3,(H,18,19)(H,20,21). The predicted octanol–water partition coefficient (Wildman–Crippen LogP) is 3.21. The van der Waals surface area contributed by atoms with Crippen LogP contribution in [0.25, 0.3) is 0 Å². The van der Waals surface area contributed by atoms with E-state index in [0.717, 1.165) is 12.8 Å². The molecular weight excluding hydrogens is 266 g/mol. The Morgan fingerprint density at radius 1 is 1.24 bits per heavy atom. The van der Waals surface area contributed by atoms with Crippen molar-refractivity contribution in [2.45, 2.75) is 51.5 Å². The number of unbranched alkanes of at least 4 members (excludes halogenated alkanes) is 1. The fourth-order valence-corrected chi connectivity index (χ4v) is 2.62. The maximum Gasteiger partial charge on any atom is 0.303 e. The highest BCUT2D eigenvalue weighted by atomic mass is 16.4. The molecule has 4 heteroatoms. The Morgan fingerprint density at radius 2 is 1.90 bits per heavy atom. The molecule has 1 aliphatic carbocycles. The van der Waals surface area contributed by atoms with Crippen molar-refractivity contribution in [2.24, 2.45) is 5.92 Å². The highest BCUT2D eigenvalue weighted by molar-refractivity contribution is 5.76. The summed E-state index contributed by atoms with van der Waals surface area (Å²) >= 11 is 0. The van der Waals surface area contributed by atoms with Gasteiger partial charge in [0, 0.05) is 12.8 Å². The lowest BCUT2D eigenvalue weighted by atomic mass is 9.97. The molecule has 0 aliphatic heterocycles. The lowest BCUT2D eigenvalue weighted by Gasteiger charge is -2.20. The van der Waals surface area contributed by atoms with Crippen molar-refractivity contribution in [1.29, 1.82) is 0 Å². The van der Waals surface area contributed by atoms with Gasteiger partial charge in [-0.1, -0.05) is 24.3 Å². The van der Waals surface area contributed by atoms with Gasteiger partial charge in [0.05, 0.1) is 6.04 Å². The summed E-state index contributed by atoms with van der Waals surface area (Å²) in [5, 5.41) is 11.7. The maximum atomic E-state index is 12.1. The van der Waals surface area contributed by atoms with Gasteiger partial charge in [-0.2, -0.15) is 0 Å². The first kappa shape index (κ1) is 15.5. The maximum absolute atomic E-state index is 12.1. The number of rotatable bonds is 8. The van der Waals surface area contributed by atoms with E-state index in [2.05, 4.69) is 24.4 Å². The summed E-state index contributed by atoms with van der Waals surface area (Å²) in [7, 11) is 0. The molecule has 1 aliphatic rings. The fourth-order valence-electron chi connectivity index (χ4n) is 2.62. The third kappa shape index (κ3) is 4.88. The zero-order chi connectivity index (χ0) is 15.2. The molecule has 1 saturated carbocycles. The summed E-state index contributed by atoms with van der Waals surface area (Å²) in [6.07, 6.45) is 4.06. The van der Waals surface area contributed by atoms with Crippen LogP contribution in [-0.2, 0) is 9.59 Å². The molecule has 1 fully saturated rings. The van der Waals surface area contributed by atoms with E-state index >= 15 is 0 Å². The van der Waals surface area contributed by atoms with Gasteiger partial charge >= 0.3 is 5.97 Å². The van der Waals surface area contributed by atoms with E-state index in [1.165, 1.54) is 11.1 Å². The van der Waals surface area contributed by atoms with E-state index in [1.54, 1.807) is 0 Å². The molecule has 1 aromatic carbocycles. The Labute approximate surface area is 125 Å². The number of hydrogen-bond acceptors (Lipinski definition) is 2. The van der Waals surface area contributed by atoms with Crippen LogP contribution in [0.2, 0.25) is 0 Å². The van der Waals surface area contributed by atoms with E-state index in [4.69, 9.17) is 5.11 Å². The molecule has 21 heavy (non-hydrogen) atoms. The van der Waals surface area contributed by atoms with Crippen LogP contribution in [0.4, 0.5) is 0 Å². The van der Waals surface area contributed by atoms with Gasteiger partial charge in [-0.3, -0.25) is 9.59 Å². The van der Waals surface area contributed by atoms with Crippen molar-refractivity contribution >= 4 is 11.9 Å². The Bertz CT molecular complexity index is 509. The molecule has 0 spiro atoms. The monoisotopic (exact) mass is 289 g/mol. The zero-order valence-corrected chi connectivity index (χ0v) is 12.5. The van der Waals surface area contributed by atoms with Gasteiger partial charge in [0.25, 0.3) is 0 Å². The van der Waals surface area contributed by atoms with Crippen molar-refractivity contribution in [1.82, 2.24) is 5.32 Å². The van der Waals surface area contributed by atoms with Crippen LogP contribution in [0.15, 0.2) is 24.3 Å². The first-order valence-electron chi connectivity index (χ1n) is 7.64. The molecule has 1 atom stereocenters. The minimum absolute atomic E-state index is 0.0283. The largest absolute Gasteiger partial charge is 0.481 e. The van der Waals surface area contributed by atoms with Crippen LogP contribution < -0.4 is 5.32 Å². The number of aryl methyl sites for hydroxylation is 1. The van der Waals surface area contributed by atoms with Crippen LogP contribution in [0.1, 0.15) is 55.7 Å². The van der Waals surface area contributed by atoms with Crippen molar-refractivity contribution in [2.75, 3.05) is 0 Å². The average Bonchev–Trinajstić information content (AvgIpc) is 3.26. The summed E-state index contributed by atoms with van der Waals surface area (Å²) in [6.45, 7) is 2.07. The van der Waals surface area contributed by atoms with Crippen LogP contribution in [0.3, 0.4) is 0 Å². The number of hydrogen-bond donors (Lipinski definition) is 2. The summed E-state index contributed by atoms with van der Waals surface area (Å²) < 4.78 is 0. The molecule has 0 heterocycles. The molecule has 2 N–H and O–H groups in total. The fraction of sp³-hybridized carbons (Fsp3) is 0.529. The number of aliphatic carboxylic acids is 1. The lowest BCUT2D eigenvalue weighted by Crippen LogP contribution is -2.30. The molecule has 0 bridgehead atoms. The van der Waals surface area contributed by atoms with Crippen LogP contribution in [0, 0.1) is 12.8 Å². The van der Waals surface area contributed by atoms with E-state index < -0.39 is 5.97 Å². The van der Waals surface area contributed by atoms with Gasteiger partial charge in [0.1, 0.15) is 0 Å². The highest BCUT2D eigenvalue weighted by Crippen LogP contribution is 2.41. The molecule has 1 amide bonds. The van der Waals surface area contributed by atoms with Gasteiger partial charge in [0.15, 0.2) is 0 Å². The number of carboxylic acid groups (broad SMARTS) is 1. The Kier molecular flexibility index (Phi) is 5.37.